The summed E-state index contributed by atoms with van der Waals surface area (Å²) in [6, 6.07) is 14.4. The first-order chi connectivity index (χ1) is 15.0. The Morgan fingerprint density at radius 1 is 1.13 bits per heavy atom. The minimum Gasteiger partial charge on any atom is -0.485 e. The SMILES string of the molecule is CCn1c(COc2ccccc2C)nnc1SCC(=O)Nc1cccc(C(=O)OC)c1. The highest BCUT2D eigenvalue weighted by Crippen LogP contribution is 2.21. The Kier molecular flexibility index (Phi) is 7.66. The van der Waals surface area contributed by atoms with Gasteiger partial charge in [0.1, 0.15) is 12.4 Å². The summed E-state index contributed by atoms with van der Waals surface area (Å²) in [6.07, 6.45) is 0. The van der Waals surface area contributed by atoms with Crippen molar-refractivity contribution in [1.82, 2.24) is 14.8 Å². The maximum Gasteiger partial charge on any atom is 0.337 e. The minimum absolute atomic E-state index is 0.152. The number of rotatable bonds is 9. The van der Waals surface area contributed by atoms with Crippen molar-refractivity contribution in [2.75, 3.05) is 18.2 Å². The number of aromatic nitrogens is 3. The van der Waals surface area contributed by atoms with E-state index in [4.69, 9.17) is 9.47 Å². The molecular formula is C22H24N4O4S. The van der Waals surface area contributed by atoms with Gasteiger partial charge in [-0.2, -0.15) is 0 Å². The second-order valence-corrected chi connectivity index (χ2v) is 7.55. The van der Waals surface area contributed by atoms with Crippen molar-refractivity contribution in [3.05, 3.63) is 65.5 Å². The number of ether oxygens (including phenoxy) is 2. The number of thioether (sulfide) groups is 1. The first-order valence-electron chi connectivity index (χ1n) is 9.73. The molecule has 1 N–H and O–H groups in total. The van der Waals surface area contributed by atoms with Crippen molar-refractivity contribution < 1.29 is 19.1 Å². The number of esters is 1. The monoisotopic (exact) mass is 440 g/mol. The zero-order chi connectivity index (χ0) is 22.2. The predicted molar refractivity (Wildman–Crippen MR) is 118 cm³/mol. The van der Waals surface area contributed by atoms with Crippen LogP contribution in [0.15, 0.2) is 53.7 Å². The number of anilines is 1. The summed E-state index contributed by atoms with van der Waals surface area (Å²) in [7, 11) is 1.31. The largest absolute Gasteiger partial charge is 0.485 e. The number of para-hydroxylation sites is 1. The topological polar surface area (TPSA) is 95.3 Å². The van der Waals surface area contributed by atoms with E-state index >= 15 is 0 Å². The van der Waals surface area contributed by atoms with Crippen molar-refractivity contribution in [1.29, 1.82) is 0 Å². The third kappa shape index (κ3) is 5.85. The number of amides is 1. The number of carbonyl (C=O) groups is 2. The number of hydrogen-bond donors (Lipinski definition) is 1. The zero-order valence-corrected chi connectivity index (χ0v) is 18.4. The lowest BCUT2D eigenvalue weighted by Crippen LogP contribution is -2.15. The minimum atomic E-state index is -0.457. The molecule has 1 aromatic heterocycles. The van der Waals surface area contributed by atoms with Gasteiger partial charge in [0.25, 0.3) is 0 Å². The molecule has 0 aliphatic heterocycles. The second-order valence-electron chi connectivity index (χ2n) is 6.61. The molecule has 0 fully saturated rings. The summed E-state index contributed by atoms with van der Waals surface area (Å²) in [4.78, 5) is 24.0. The Labute approximate surface area is 185 Å². The van der Waals surface area contributed by atoms with Gasteiger partial charge in [-0.3, -0.25) is 4.79 Å². The molecule has 0 spiro atoms. The summed E-state index contributed by atoms with van der Waals surface area (Å²) in [5.41, 5.74) is 1.95. The average molecular weight is 441 g/mol. The van der Waals surface area contributed by atoms with Crippen LogP contribution in [-0.2, 0) is 22.7 Å². The van der Waals surface area contributed by atoms with Gasteiger partial charge in [0.05, 0.1) is 18.4 Å². The van der Waals surface area contributed by atoms with Gasteiger partial charge < -0.3 is 19.4 Å². The molecule has 0 radical (unpaired) electrons. The molecule has 0 saturated heterocycles. The summed E-state index contributed by atoms with van der Waals surface area (Å²) < 4.78 is 12.5. The summed E-state index contributed by atoms with van der Waals surface area (Å²) in [5, 5.41) is 11.8. The van der Waals surface area contributed by atoms with Gasteiger partial charge in [-0.1, -0.05) is 36.0 Å². The molecule has 0 aliphatic rings. The fraction of sp³-hybridized carbons (Fsp3) is 0.273. The number of nitrogens with zero attached hydrogens (tertiary/aromatic N) is 3. The molecule has 3 aromatic rings. The fourth-order valence-electron chi connectivity index (χ4n) is 2.88. The second kappa shape index (κ2) is 10.6. The van der Waals surface area contributed by atoms with E-state index in [9.17, 15) is 9.59 Å². The molecule has 2 aromatic carbocycles. The lowest BCUT2D eigenvalue weighted by Gasteiger charge is -2.10. The van der Waals surface area contributed by atoms with Crippen molar-refractivity contribution in [2.24, 2.45) is 0 Å². The smallest absolute Gasteiger partial charge is 0.337 e. The van der Waals surface area contributed by atoms with Crippen LogP contribution in [0.3, 0.4) is 0 Å². The molecule has 8 nitrogen and oxygen atoms in total. The molecule has 0 atom stereocenters. The van der Waals surface area contributed by atoms with Crippen LogP contribution in [0.2, 0.25) is 0 Å². The molecule has 31 heavy (non-hydrogen) atoms. The van der Waals surface area contributed by atoms with Crippen LogP contribution in [0.5, 0.6) is 5.75 Å². The third-order valence-electron chi connectivity index (χ3n) is 4.46. The quantitative estimate of drug-likeness (QED) is 0.400. The summed E-state index contributed by atoms with van der Waals surface area (Å²) in [5.74, 6) is 0.979. The first-order valence-corrected chi connectivity index (χ1v) is 10.7. The molecule has 0 bridgehead atoms. The maximum atomic E-state index is 12.4. The molecule has 0 aliphatic carbocycles. The lowest BCUT2D eigenvalue weighted by atomic mass is 10.2. The number of aryl methyl sites for hydroxylation is 1. The molecule has 1 amide bonds. The Balaban J connectivity index is 1.58. The molecule has 0 saturated carbocycles. The normalized spacial score (nSPS) is 10.5. The van der Waals surface area contributed by atoms with E-state index in [0.717, 1.165) is 11.3 Å². The fourth-order valence-corrected chi connectivity index (χ4v) is 3.70. The number of methoxy groups -OCH3 is 1. The molecular weight excluding hydrogens is 416 g/mol. The van der Waals surface area contributed by atoms with E-state index in [1.54, 1.807) is 24.3 Å². The predicted octanol–water partition coefficient (Wildman–Crippen LogP) is 3.70. The van der Waals surface area contributed by atoms with Gasteiger partial charge in [0.15, 0.2) is 11.0 Å². The van der Waals surface area contributed by atoms with Crippen LogP contribution in [0.25, 0.3) is 0 Å². The van der Waals surface area contributed by atoms with Gasteiger partial charge in [0, 0.05) is 12.2 Å². The van der Waals surface area contributed by atoms with Crippen molar-refractivity contribution in [3.8, 4) is 5.75 Å². The van der Waals surface area contributed by atoms with E-state index < -0.39 is 5.97 Å². The molecule has 162 valence electrons. The van der Waals surface area contributed by atoms with E-state index in [2.05, 4.69) is 15.5 Å². The van der Waals surface area contributed by atoms with E-state index in [-0.39, 0.29) is 11.7 Å². The number of hydrogen-bond acceptors (Lipinski definition) is 7. The van der Waals surface area contributed by atoms with Crippen molar-refractivity contribution >= 4 is 29.3 Å². The van der Waals surface area contributed by atoms with E-state index in [1.807, 2.05) is 42.7 Å². The van der Waals surface area contributed by atoms with Crippen LogP contribution < -0.4 is 10.1 Å². The van der Waals surface area contributed by atoms with Gasteiger partial charge in [0.2, 0.25) is 5.91 Å². The third-order valence-corrected chi connectivity index (χ3v) is 5.43. The highest BCUT2D eigenvalue weighted by Gasteiger charge is 2.15. The van der Waals surface area contributed by atoms with Gasteiger partial charge in [-0.05, 0) is 43.7 Å². The van der Waals surface area contributed by atoms with Crippen LogP contribution >= 0.6 is 11.8 Å². The average Bonchev–Trinajstić information content (AvgIpc) is 3.18. The molecule has 9 heteroatoms. The van der Waals surface area contributed by atoms with Crippen LogP contribution in [-0.4, -0.2) is 39.5 Å². The van der Waals surface area contributed by atoms with Crippen molar-refractivity contribution in [2.45, 2.75) is 32.2 Å². The first kappa shape index (κ1) is 22.4. The summed E-state index contributed by atoms with van der Waals surface area (Å²) in [6.45, 7) is 4.92. The highest BCUT2D eigenvalue weighted by molar-refractivity contribution is 7.99. The number of carbonyl (C=O) groups excluding carboxylic acids is 2. The van der Waals surface area contributed by atoms with Gasteiger partial charge >= 0.3 is 5.97 Å². The van der Waals surface area contributed by atoms with Crippen LogP contribution in [0.1, 0.15) is 28.7 Å². The molecule has 0 unspecified atom stereocenters. The standard InChI is InChI=1S/C22H24N4O4S/c1-4-26-19(13-30-18-11-6-5-8-15(18)2)24-25-22(26)31-14-20(27)23-17-10-7-9-16(12-17)21(28)29-3/h5-12H,4,13-14H2,1-3H3,(H,23,27). The Bertz CT molecular complexity index is 1070. The molecule has 3 rings (SSSR count). The highest BCUT2D eigenvalue weighted by atomic mass is 32.2. The van der Waals surface area contributed by atoms with Crippen LogP contribution in [0, 0.1) is 6.92 Å². The van der Waals surface area contributed by atoms with Crippen LogP contribution in [0.4, 0.5) is 5.69 Å². The number of nitrogens with one attached hydrogen (secondary N) is 1. The van der Waals surface area contributed by atoms with Gasteiger partial charge in [-0.25, -0.2) is 4.79 Å². The van der Waals surface area contributed by atoms with Crippen molar-refractivity contribution in [3.63, 3.8) is 0 Å². The maximum absolute atomic E-state index is 12.4. The lowest BCUT2D eigenvalue weighted by molar-refractivity contribution is -0.113. The Morgan fingerprint density at radius 2 is 1.94 bits per heavy atom. The summed E-state index contributed by atoms with van der Waals surface area (Å²) >= 11 is 1.29. The molecule has 1 heterocycles. The zero-order valence-electron chi connectivity index (χ0n) is 17.6. The van der Waals surface area contributed by atoms with E-state index in [0.29, 0.717) is 35.4 Å². The van der Waals surface area contributed by atoms with Gasteiger partial charge in [-0.15, -0.1) is 10.2 Å². The number of benzene rings is 2. The van der Waals surface area contributed by atoms with E-state index in [1.165, 1.54) is 18.9 Å². The Morgan fingerprint density at radius 3 is 2.68 bits per heavy atom. The Hall–Kier alpha value is -3.33.